The quantitative estimate of drug-likeness (QED) is 0.639. The van der Waals surface area contributed by atoms with E-state index in [2.05, 4.69) is 5.32 Å². The van der Waals surface area contributed by atoms with E-state index in [1.165, 1.54) is 7.11 Å². The van der Waals surface area contributed by atoms with Gasteiger partial charge in [-0.2, -0.15) is 0 Å². The van der Waals surface area contributed by atoms with Crippen molar-refractivity contribution in [3.63, 3.8) is 0 Å². The second-order valence-electron chi connectivity index (χ2n) is 3.72. The zero-order chi connectivity index (χ0) is 12.0. The van der Waals surface area contributed by atoms with E-state index in [0.29, 0.717) is 32.7 Å². The van der Waals surface area contributed by atoms with Crippen molar-refractivity contribution in [2.45, 2.75) is 0 Å². The van der Waals surface area contributed by atoms with Crippen LogP contribution in [0.4, 0.5) is 0 Å². The summed E-state index contributed by atoms with van der Waals surface area (Å²) in [5.74, 6) is 0.0737. The van der Waals surface area contributed by atoms with E-state index in [4.69, 9.17) is 4.74 Å². The molecule has 1 rings (SSSR count). The van der Waals surface area contributed by atoms with Crippen LogP contribution in [0.2, 0.25) is 0 Å². The van der Waals surface area contributed by atoms with E-state index in [1.54, 1.807) is 16.8 Å². The second kappa shape index (κ2) is 6.44. The molecule has 6 heteroatoms. The Morgan fingerprint density at radius 3 is 2.06 bits per heavy atom. The second-order valence-corrected chi connectivity index (χ2v) is 3.72. The standard InChI is InChI=1S/C10H19N3O3/c1-11-7-9(14)12-3-5-13(6-4-12)10(15)8-16-2/h11H,3-8H2,1-2H3. The van der Waals surface area contributed by atoms with E-state index < -0.39 is 0 Å². The first kappa shape index (κ1) is 12.9. The molecule has 0 aromatic carbocycles. The Bertz CT molecular complexity index is 224. The number of nitrogens with zero attached hydrogens (tertiary/aromatic N) is 2. The van der Waals surface area contributed by atoms with Gasteiger partial charge in [-0.1, -0.05) is 0 Å². The third kappa shape index (κ3) is 3.46. The Hall–Kier alpha value is -1.14. The Morgan fingerprint density at radius 1 is 1.12 bits per heavy atom. The normalized spacial score (nSPS) is 16.4. The molecule has 6 nitrogen and oxygen atoms in total. The molecular formula is C10H19N3O3. The number of carbonyl (C=O) groups is 2. The minimum absolute atomic E-state index is 0.0109. The number of methoxy groups -OCH3 is 1. The molecule has 1 heterocycles. The van der Waals surface area contributed by atoms with Crippen molar-refractivity contribution in [2.24, 2.45) is 0 Å². The van der Waals surface area contributed by atoms with Gasteiger partial charge in [0, 0.05) is 33.3 Å². The zero-order valence-corrected chi connectivity index (χ0v) is 9.86. The van der Waals surface area contributed by atoms with Crippen LogP contribution in [0, 0.1) is 0 Å². The zero-order valence-electron chi connectivity index (χ0n) is 9.86. The molecule has 1 aliphatic heterocycles. The van der Waals surface area contributed by atoms with Crippen molar-refractivity contribution < 1.29 is 14.3 Å². The Balaban J connectivity index is 2.33. The Kier molecular flexibility index (Phi) is 5.21. The lowest BCUT2D eigenvalue weighted by atomic mass is 10.3. The topological polar surface area (TPSA) is 61.9 Å². The molecule has 0 unspecified atom stereocenters. The molecule has 0 aromatic heterocycles. The van der Waals surface area contributed by atoms with Crippen molar-refractivity contribution >= 4 is 11.8 Å². The van der Waals surface area contributed by atoms with Gasteiger partial charge in [0.05, 0.1) is 6.54 Å². The van der Waals surface area contributed by atoms with Gasteiger partial charge in [-0.3, -0.25) is 9.59 Å². The highest BCUT2D eigenvalue weighted by molar-refractivity contribution is 5.80. The van der Waals surface area contributed by atoms with Gasteiger partial charge in [0.15, 0.2) is 0 Å². The molecule has 0 saturated carbocycles. The fraction of sp³-hybridized carbons (Fsp3) is 0.800. The van der Waals surface area contributed by atoms with Crippen LogP contribution < -0.4 is 5.32 Å². The summed E-state index contributed by atoms with van der Waals surface area (Å²) >= 11 is 0. The summed E-state index contributed by atoms with van der Waals surface area (Å²) in [7, 11) is 3.25. The molecule has 0 aliphatic carbocycles. The smallest absolute Gasteiger partial charge is 0.248 e. The molecule has 0 radical (unpaired) electrons. The molecule has 1 fully saturated rings. The maximum absolute atomic E-state index is 11.5. The number of hydrogen-bond acceptors (Lipinski definition) is 4. The summed E-state index contributed by atoms with van der Waals surface area (Å²) in [6.45, 7) is 2.87. The van der Waals surface area contributed by atoms with Crippen LogP contribution in [-0.2, 0) is 14.3 Å². The van der Waals surface area contributed by atoms with E-state index in [9.17, 15) is 9.59 Å². The van der Waals surface area contributed by atoms with Gasteiger partial charge in [0.1, 0.15) is 6.61 Å². The molecule has 92 valence electrons. The molecule has 1 aliphatic rings. The third-order valence-corrected chi connectivity index (χ3v) is 2.58. The minimum atomic E-state index is -0.0109. The monoisotopic (exact) mass is 229 g/mol. The lowest BCUT2D eigenvalue weighted by Gasteiger charge is -2.34. The first-order valence-corrected chi connectivity index (χ1v) is 5.38. The SMILES string of the molecule is CNCC(=O)N1CCN(C(=O)COC)CC1. The summed E-state index contributed by atoms with van der Waals surface area (Å²) in [5.41, 5.74) is 0. The number of piperazine rings is 1. The van der Waals surface area contributed by atoms with Crippen molar-refractivity contribution in [1.82, 2.24) is 15.1 Å². The Labute approximate surface area is 95.5 Å². The molecule has 1 saturated heterocycles. The number of likely N-dealkylation sites (N-methyl/N-ethyl adjacent to an activating group) is 1. The third-order valence-electron chi connectivity index (χ3n) is 2.58. The van der Waals surface area contributed by atoms with E-state index in [1.807, 2.05) is 0 Å². The summed E-state index contributed by atoms with van der Waals surface area (Å²) in [6.07, 6.45) is 0. The van der Waals surface area contributed by atoms with Gasteiger partial charge in [-0.25, -0.2) is 0 Å². The van der Waals surface area contributed by atoms with Crippen molar-refractivity contribution in [3.8, 4) is 0 Å². The van der Waals surface area contributed by atoms with Crippen LogP contribution in [0.15, 0.2) is 0 Å². The first-order chi connectivity index (χ1) is 7.69. The fourth-order valence-electron chi connectivity index (χ4n) is 1.68. The fourth-order valence-corrected chi connectivity index (χ4v) is 1.68. The number of hydrogen-bond donors (Lipinski definition) is 1. The largest absolute Gasteiger partial charge is 0.375 e. The predicted molar refractivity (Wildman–Crippen MR) is 59.0 cm³/mol. The predicted octanol–water partition coefficient (Wildman–Crippen LogP) is -1.48. The average molecular weight is 229 g/mol. The van der Waals surface area contributed by atoms with Gasteiger partial charge in [-0.05, 0) is 7.05 Å². The number of nitrogens with one attached hydrogen (secondary N) is 1. The number of ether oxygens (including phenoxy) is 1. The molecule has 16 heavy (non-hydrogen) atoms. The van der Waals surface area contributed by atoms with Crippen LogP contribution in [0.5, 0.6) is 0 Å². The van der Waals surface area contributed by atoms with Gasteiger partial charge in [-0.15, -0.1) is 0 Å². The number of carbonyl (C=O) groups excluding carboxylic acids is 2. The van der Waals surface area contributed by atoms with E-state index >= 15 is 0 Å². The maximum Gasteiger partial charge on any atom is 0.248 e. The summed E-state index contributed by atoms with van der Waals surface area (Å²) in [6, 6.07) is 0. The highest BCUT2D eigenvalue weighted by atomic mass is 16.5. The summed E-state index contributed by atoms with van der Waals surface area (Å²) in [4.78, 5) is 26.5. The van der Waals surface area contributed by atoms with Crippen molar-refractivity contribution in [1.29, 1.82) is 0 Å². The number of amides is 2. The van der Waals surface area contributed by atoms with Crippen LogP contribution in [0.3, 0.4) is 0 Å². The van der Waals surface area contributed by atoms with Crippen LogP contribution in [0.1, 0.15) is 0 Å². The minimum Gasteiger partial charge on any atom is -0.375 e. The molecule has 1 N–H and O–H groups in total. The first-order valence-electron chi connectivity index (χ1n) is 5.38. The maximum atomic E-state index is 11.5. The van der Waals surface area contributed by atoms with E-state index in [-0.39, 0.29) is 18.4 Å². The lowest BCUT2D eigenvalue weighted by Crippen LogP contribution is -2.52. The lowest BCUT2D eigenvalue weighted by molar-refractivity contribution is -0.141. The molecule has 0 aromatic rings. The van der Waals surface area contributed by atoms with Crippen LogP contribution >= 0.6 is 0 Å². The number of rotatable bonds is 4. The highest BCUT2D eigenvalue weighted by Crippen LogP contribution is 2.02. The van der Waals surface area contributed by atoms with Gasteiger partial charge < -0.3 is 19.9 Å². The summed E-state index contributed by atoms with van der Waals surface area (Å²) < 4.78 is 4.79. The van der Waals surface area contributed by atoms with Crippen molar-refractivity contribution in [3.05, 3.63) is 0 Å². The molecule has 0 bridgehead atoms. The van der Waals surface area contributed by atoms with Gasteiger partial charge in [0.2, 0.25) is 11.8 Å². The van der Waals surface area contributed by atoms with Gasteiger partial charge in [0.25, 0.3) is 0 Å². The summed E-state index contributed by atoms with van der Waals surface area (Å²) in [5, 5.41) is 2.83. The van der Waals surface area contributed by atoms with Crippen LogP contribution in [-0.4, -0.2) is 75.1 Å². The van der Waals surface area contributed by atoms with Crippen LogP contribution in [0.25, 0.3) is 0 Å². The molecule has 0 atom stereocenters. The average Bonchev–Trinajstić information content (AvgIpc) is 2.30. The molecule has 0 spiro atoms. The Morgan fingerprint density at radius 2 is 1.62 bits per heavy atom. The molecular weight excluding hydrogens is 210 g/mol. The molecule has 2 amide bonds. The van der Waals surface area contributed by atoms with Crippen molar-refractivity contribution in [2.75, 3.05) is 53.5 Å². The van der Waals surface area contributed by atoms with Gasteiger partial charge >= 0.3 is 0 Å². The highest BCUT2D eigenvalue weighted by Gasteiger charge is 2.23. The van der Waals surface area contributed by atoms with E-state index in [0.717, 1.165) is 0 Å².